The summed E-state index contributed by atoms with van der Waals surface area (Å²) in [5.41, 5.74) is 2.40. The summed E-state index contributed by atoms with van der Waals surface area (Å²) in [6.07, 6.45) is 6.38. The van der Waals surface area contributed by atoms with Crippen molar-refractivity contribution in [3.05, 3.63) is 59.7 Å². The molecule has 0 bridgehead atoms. The first-order chi connectivity index (χ1) is 18.2. The molecule has 0 aliphatic carbocycles. The van der Waals surface area contributed by atoms with Gasteiger partial charge in [0.25, 0.3) is 0 Å². The van der Waals surface area contributed by atoms with Crippen molar-refractivity contribution in [2.75, 3.05) is 18.4 Å². The molecule has 3 aromatic heterocycles. The molecule has 0 radical (unpaired) electrons. The van der Waals surface area contributed by atoms with Crippen LogP contribution in [0, 0.1) is 24.5 Å². The number of benzene rings is 1. The third-order valence-electron chi connectivity index (χ3n) is 7.58. The van der Waals surface area contributed by atoms with Gasteiger partial charge in [0, 0.05) is 23.8 Å². The fraction of sp³-hybridized carbons (Fsp3) is 0.448. The van der Waals surface area contributed by atoms with E-state index >= 15 is 0 Å². The maximum Gasteiger partial charge on any atom is 0.229 e. The highest BCUT2D eigenvalue weighted by atomic mass is 19.1. The lowest BCUT2D eigenvalue weighted by Crippen LogP contribution is -2.40. The second-order valence-corrected chi connectivity index (χ2v) is 10.6. The molecule has 0 spiro atoms. The zero-order valence-corrected chi connectivity index (χ0v) is 22.7. The summed E-state index contributed by atoms with van der Waals surface area (Å²) in [5.74, 6) is 0.969. The SMILES string of the molecule is CCN1CCC(Cc2ccc(Nc3ncc(F)c(-c4cc(F)c5nc(C)n(C(C)C)c5c4)n3)nc2)C[C@@H]1C. The van der Waals surface area contributed by atoms with E-state index in [4.69, 9.17) is 0 Å². The van der Waals surface area contributed by atoms with E-state index in [2.05, 4.69) is 50.1 Å². The van der Waals surface area contributed by atoms with Crippen LogP contribution < -0.4 is 5.32 Å². The van der Waals surface area contributed by atoms with E-state index in [-0.39, 0.29) is 23.2 Å². The van der Waals surface area contributed by atoms with Crippen LogP contribution in [-0.2, 0) is 6.42 Å². The lowest BCUT2D eigenvalue weighted by molar-refractivity contribution is 0.129. The minimum absolute atomic E-state index is 0.0154. The minimum Gasteiger partial charge on any atom is -0.326 e. The molecule has 1 aliphatic rings. The molecule has 2 atom stereocenters. The molecule has 1 unspecified atom stereocenters. The molecule has 1 N–H and O–H groups in total. The van der Waals surface area contributed by atoms with Crippen molar-refractivity contribution >= 4 is 22.8 Å². The smallest absolute Gasteiger partial charge is 0.229 e. The first kappa shape index (κ1) is 26.2. The van der Waals surface area contributed by atoms with Gasteiger partial charge in [0.05, 0.1) is 11.7 Å². The molecule has 4 heterocycles. The molecule has 1 aliphatic heterocycles. The Morgan fingerprint density at radius 1 is 1.08 bits per heavy atom. The molecule has 4 aromatic rings. The van der Waals surface area contributed by atoms with Crippen LogP contribution in [0.5, 0.6) is 0 Å². The number of fused-ring (bicyclic) bond motifs is 1. The van der Waals surface area contributed by atoms with E-state index in [9.17, 15) is 8.78 Å². The van der Waals surface area contributed by atoms with Gasteiger partial charge in [-0.2, -0.15) is 0 Å². The zero-order valence-electron chi connectivity index (χ0n) is 22.7. The topological polar surface area (TPSA) is 71.8 Å². The Morgan fingerprint density at radius 3 is 2.58 bits per heavy atom. The summed E-state index contributed by atoms with van der Waals surface area (Å²) in [6.45, 7) is 12.6. The van der Waals surface area contributed by atoms with Crippen molar-refractivity contribution in [2.45, 2.75) is 66.0 Å². The van der Waals surface area contributed by atoms with Gasteiger partial charge in [-0.05, 0) is 89.7 Å². The monoisotopic (exact) mass is 519 g/mol. The summed E-state index contributed by atoms with van der Waals surface area (Å²) in [6, 6.07) is 7.64. The van der Waals surface area contributed by atoms with E-state index < -0.39 is 11.6 Å². The number of nitrogens with one attached hydrogen (secondary N) is 1. The number of piperidine rings is 1. The van der Waals surface area contributed by atoms with Crippen molar-refractivity contribution in [3.8, 4) is 11.3 Å². The molecule has 1 fully saturated rings. The van der Waals surface area contributed by atoms with Crippen LogP contribution in [-0.4, -0.2) is 48.5 Å². The molecule has 0 saturated carbocycles. The Labute approximate surface area is 222 Å². The van der Waals surface area contributed by atoms with Gasteiger partial charge in [0.1, 0.15) is 22.9 Å². The summed E-state index contributed by atoms with van der Waals surface area (Å²) < 4.78 is 31.7. The van der Waals surface area contributed by atoms with Crippen LogP contribution in [0.15, 0.2) is 36.7 Å². The summed E-state index contributed by atoms with van der Waals surface area (Å²) in [5, 5.41) is 3.06. The van der Waals surface area contributed by atoms with E-state index in [0.717, 1.165) is 25.7 Å². The second kappa shape index (κ2) is 10.7. The predicted octanol–water partition coefficient (Wildman–Crippen LogP) is 6.46. The average Bonchev–Trinajstić information content (AvgIpc) is 3.23. The highest BCUT2D eigenvalue weighted by molar-refractivity contribution is 5.83. The highest BCUT2D eigenvalue weighted by Gasteiger charge is 2.24. The van der Waals surface area contributed by atoms with Crippen LogP contribution in [0.2, 0.25) is 0 Å². The molecule has 38 heavy (non-hydrogen) atoms. The van der Waals surface area contributed by atoms with Crippen LogP contribution in [0.4, 0.5) is 20.5 Å². The molecule has 7 nitrogen and oxygen atoms in total. The minimum atomic E-state index is -0.631. The van der Waals surface area contributed by atoms with E-state index in [1.807, 2.05) is 37.6 Å². The quantitative estimate of drug-likeness (QED) is 0.302. The summed E-state index contributed by atoms with van der Waals surface area (Å²) >= 11 is 0. The van der Waals surface area contributed by atoms with Gasteiger partial charge in [-0.1, -0.05) is 13.0 Å². The molecule has 200 valence electrons. The number of aryl methyl sites for hydroxylation is 1. The Hall–Kier alpha value is -3.46. The van der Waals surface area contributed by atoms with Crippen LogP contribution in [0.3, 0.4) is 0 Å². The first-order valence-electron chi connectivity index (χ1n) is 13.4. The van der Waals surface area contributed by atoms with Crippen LogP contribution in [0.1, 0.15) is 58.0 Å². The summed E-state index contributed by atoms with van der Waals surface area (Å²) in [4.78, 5) is 19.9. The zero-order chi connectivity index (χ0) is 27.0. The van der Waals surface area contributed by atoms with Crippen molar-refractivity contribution in [3.63, 3.8) is 0 Å². The number of rotatable bonds is 7. The fourth-order valence-corrected chi connectivity index (χ4v) is 5.73. The number of nitrogens with zero attached hydrogens (tertiary/aromatic N) is 6. The van der Waals surface area contributed by atoms with Gasteiger partial charge < -0.3 is 14.8 Å². The molecule has 1 aromatic carbocycles. The number of aromatic nitrogens is 5. The van der Waals surface area contributed by atoms with Gasteiger partial charge in [0.15, 0.2) is 11.6 Å². The molecule has 0 amide bonds. The third-order valence-corrected chi connectivity index (χ3v) is 7.58. The van der Waals surface area contributed by atoms with Crippen molar-refractivity contribution in [1.29, 1.82) is 0 Å². The Balaban J connectivity index is 1.34. The van der Waals surface area contributed by atoms with E-state index in [0.29, 0.717) is 34.7 Å². The number of hydrogen-bond acceptors (Lipinski definition) is 6. The number of pyridine rings is 1. The van der Waals surface area contributed by atoms with Gasteiger partial charge in [-0.25, -0.2) is 28.7 Å². The highest BCUT2D eigenvalue weighted by Crippen LogP contribution is 2.31. The normalized spacial score (nSPS) is 18.4. The van der Waals surface area contributed by atoms with Gasteiger partial charge >= 0.3 is 0 Å². The molecule has 1 saturated heterocycles. The van der Waals surface area contributed by atoms with Gasteiger partial charge in [0.2, 0.25) is 5.95 Å². The maximum atomic E-state index is 15.0. The predicted molar refractivity (Wildman–Crippen MR) is 146 cm³/mol. The van der Waals surface area contributed by atoms with Gasteiger partial charge in [-0.3, -0.25) is 0 Å². The molecular weight excluding hydrogens is 484 g/mol. The number of imidazole rings is 1. The lowest BCUT2D eigenvalue weighted by atomic mass is 9.87. The Morgan fingerprint density at radius 2 is 1.89 bits per heavy atom. The largest absolute Gasteiger partial charge is 0.326 e. The number of halogens is 2. The third kappa shape index (κ3) is 5.25. The summed E-state index contributed by atoms with van der Waals surface area (Å²) in [7, 11) is 0. The van der Waals surface area contributed by atoms with Crippen molar-refractivity contribution in [2.24, 2.45) is 5.92 Å². The molecule has 9 heteroatoms. The van der Waals surface area contributed by atoms with Crippen LogP contribution >= 0.6 is 0 Å². The second-order valence-electron chi connectivity index (χ2n) is 10.6. The number of anilines is 2. The molecular formula is C29H35F2N7. The van der Waals surface area contributed by atoms with Crippen molar-refractivity contribution in [1.82, 2.24) is 29.4 Å². The van der Waals surface area contributed by atoms with Gasteiger partial charge in [-0.15, -0.1) is 0 Å². The molecule has 5 rings (SSSR count). The standard InChI is InChI=1S/C29H35F2N7/c1-6-37-10-9-20(11-18(37)4)12-21-7-8-26(32-15-21)35-29-33-16-24(31)27(36-29)22-13-23(30)28-25(14-22)38(17(2)3)19(5)34-28/h7-8,13-18,20H,6,9-12H2,1-5H3,(H,32,33,35,36)/t18-,20?/m0/s1. The number of likely N-dealkylation sites (tertiary alicyclic amines) is 1. The van der Waals surface area contributed by atoms with E-state index in [1.54, 1.807) is 6.07 Å². The lowest BCUT2D eigenvalue weighted by Gasteiger charge is -2.37. The number of hydrogen-bond donors (Lipinski definition) is 1. The van der Waals surface area contributed by atoms with Crippen LogP contribution in [0.25, 0.3) is 22.3 Å². The van der Waals surface area contributed by atoms with Crippen molar-refractivity contribution < 1.29 is 8.78 Å². The fourth-order valence-electron chi connectivity index (χ4n) is 5.73. The Bertz CT molecular complexity index is 1430. The maximum absolute atomic E-state index is 15.0. The first-order valence-corrected chi connectivity index (χ1v) is 13.4. The Kier molecular flexibility index (Phi) is 7.38. The van der Waals surface area contributed by atoms with E-state index in [1.165, 1.54) is 24.5 Å². The average molecular weight is 520 g/mol.